The van der Waals surface area contributed by atoms with Gasteiger partial charge in [0.15, 0.2) is 0 Å². The minimum absolute atomic E-state index is 0.331. The Morgan fingerprint density at radius 2 is 1.89 bits per heavy atom. The number of thioether (sulfide) groups is 1. The van der Waals surface area contributed by atoms with Crippen molar-refractivity contribution < 1.29 is 5.11 Å². The average molecular weight is 270 g/mol. The zero-order chi connectivity index (χ0) is 13.2. The van der Waals surface area contributed by atoms with Crippen LogP contribution in [0, 0.1) is 0 Å². The van der Waals surface area contributed by atoms with E-state index >= 15 is 0 Å². The van der Waals surface area contributed by atoms with E-state index in [4.69, 9.17) is 0 Å². The molecule has 1 aliphatic heterocycles. The van der Waals surface area contributed by atoms with Crippen LogP contribution in [0.25, 0.3) is 11.1 Å². The van der Waals surface area contributed by atoms with Crippen molar-refractivity contribution in [3.63, 3.8) is 0 Å². The minimum Gasteiger partial charge on any atom is -0.387 e. The molecule has 2 aromatic rings. The average Bonchev–Trinajstić information content (AvgIpc) is 2.48. The smallest absolute Gasteiger partial charge is 0.0911 e. The van der Waals surface area contributed by atoms with Crippen LogP contribution in [0.4, 0.5) is 0 Å². The maximum atomic E-state index is 10.5. The number of fused-ring (bicyclic) bond motifs is 1. The van der Waals surface area contributed by atoms with E-state index in [1.54, 1.807) is 0 Å². The third-order valence-corrected chi connectivity index (χ3v) is 5.28. The van der Waals surface area contributed by atoms with Crippen LogP contribution in [0.5, 0.6) is 0 Å². The van der Waals surface area contributed by atoms with Crippen molar-refractivity contribution in [3.05, 3.63) is 59.7 Å². The second kappa shape index (κ2) is 5.40. The number of rotatable bonds is 2. The molecule has 1 nitrogen and oxygen atoms in total. The van der Waals surface area contributed by atoms with Gasteiger partial charge >= 0.3 is 0 Å². The van der Waals surface area contributed by atoms with Gasteiger partial charge in [-0.3, -0.25) is 0 Å². The maximum absolute atomic E-state index is 10.5. The van der Waals surface area contributed by atoms with Crippen molar-refractivity contribution in [1.29, 1.82) is 0 Å². The molecule has 0 aromatic heterocycles. The van der Waals surface area contributed by atoms with Gasteiger partial charge in [-0.1, -0.05) is 49.4 Å². The summed E-state index contributed by atoms with van der Waals surface area (Å²) in [4.78, 5) is 0. The van der Waals surface area contributed by atoms with Crippen LogP contribution in [0.3, 0.4) is 0 Å². The predicted octanol–water partition coefficient (Wildman–Crippen LogP) is 4.41. The molecule has 3 rings (SSSR count). The first-order chi connectivity index (χ1) is 9.29. The zero-order valence-corrected chi connectivity index (χ0v) is 11.9. The number of aliphatic hydroxyl groups excluding tert-OH is 1. The fourth-order valence-corrected chi connectivity index (χ4v) is 3.86. The van der Waals surface area contributed by atoms with Crippen LogP contribution >= 0.6 is 11.8 Å². The summed E-state index contributed by atoms with van der Waals surface area (Å²) >= 11 is 1.87. The maximum Gasteiger partial charge on any atom is 0.0911 e. The van der Waals surface area contributed by atoms with Gasteiger partial charge < -0.3 is 5.11 Å². The molecule has 0 aliphatic carbocycles. The van der Waals surface area contributed by atoms with Gasteiger partial charge in [0, 0.05) is 11.0 Å². The van der Waals surface area contributed by atoms with Crippen molar-refractivity contribution in [3.8, 4) is 11.1 Å². The second-order valence-corrected chi connectivity index (χ2v) is 6.21. The Balaban J connectivity index is 2.01. The van der Waals surface area contributed by atoms with Gasteiger partial charge in [0.1, 0.15) is 0 Å². The molecular weight excluding hydrogens is 252 g/mol. The summed E-state index contributed by atoms with van der Waals surface area (Å²) in [7, 11) is 0. The summed E-state index contributed by atoms with van der Waals surface area (Å²) in [6, 6.07) is 16.9. The molecule has 0 saturated carbocycles. The quantitative estimate of drug-likeness (QED) is 0.872. The molecular formula is C17H18OS. The fraction of sp³-hybridized carbons (Fsp3) is 0.294. The molecule has 0 bridgehead atoms. The fourth-order valence-electron chi connectivity index (χ4n) is 2.64. The van der Waals surface area contributed by atoms with E-state index < -0.39 is 0 Å². The highest BCUT2D eigenvalue weighted by atomic mass is 32.2. The summed E-state index contributed by atoms with van der Waals surface area (Å²) < 4.78 is 0. The molecule has 19 heavy (non-hydrogen) atoms. The summed E-state index contributed by atoms with van der Waals surface area (Å²) in [5.41, 5.74) is 4.80. The lowest BCUT2D eigenvalue weighted by molar-refractivity contribution is 0.170. The van der Waals surface area contributed by atoms with Gasteiger partial charge in [-0.15, -0.1) is 0 Å². The predicted molar refractivity (Wildman–Crippen MR) is 82.2 cm³/mol. The Morgan fingerprint density at radius 3 is 2.63 bits per heavy atom. The van der Waals surface area contributed by atoms with Crippen LogP contribution < -0.4 is 0 Å². The molecule has 0 fully saturated rings. The molecule has 0 spiro atoms. The molecule has 2 aromatic carbocycles. The molecule has 2 unspecified atom stereocenters. The van der Waals surface area contributed by atoms with Crippen molar-refractivity contribution in [2.75, 3.05) is 0 Å². The topological polar surface area (TPSA) is 20.2 Å². The van der Waals surface area contributed by atoms with E-state index in [1.165, 1.54) is 16.7 Å². The molecule has 2 heteroatoms. The number of aliphatic hydroxyl groups is 1. The Kier molecular flexibility index (Phi) is 3.63. The molecule has 1 aliphatic rings. The van der Waals surface area contributed by atoms with E-state index in [2.05, 4.69) is 49.4 Å². The van der Waals surface area contributed by atoms with E-state index in [9.17, 15) is 5.11 Å². The summed E-state index contributed by atoms with van der Waals surface area (Å²) in [6.45, 7) is 2.15. The molecule has 98 valence electrons. The Morgan fingerprint density at radius 1 is 1.11 bits per heavy atom. The van der Waals surface area contributed by atoms with Crippen LogP contribution in [0.15, 0.2) is 48.5 Å². The highest BCUT2D eigenvalue weighted by Gasteiger charge is 2.27. The van der Waals surface area contributed by atoms with Gasteiger partial charge in [0.25, 0.3) is 0 Å². The lowest BCUT2D eigenvalue weighted by Crippen LogP contribution is -2.20. The van der Waals surface area contributed by atoms with E-state index in [0.717, 1.165) is 17.7 Å². The number of hydrogen-bond acceptors (Lipinski definition) is 2. The van der Waals surface area contributed by atoms with E-state index in [1.807, 2.05) is 17.8 Å². The standard InChI is InChI=1S/C17H18OS/c1-2-16-17(18)15-10-13(8-9-14(15)11-19-16)12-6-4-3-5-7-12/h3-10,16-18H,2,11H2,1H3. The Hall–Kier alpha value is -1.25. The molecule has 0 radical (unpaired) electrons. The third kappa shape index (κ3) is 2.43. The summed E-state index contributed by atoms with van der Waals surface area (Å²) in [5, 5.41) is 10.8. The van der Waals surface area contributed by atoms with Crippen molar-refractivity contribution in [2.24, 2.45) is 0 Å². The molecule has 1 heterocycles. The SMILES string of the molecule is CCC1SCc2ccc(-c3ccccc3)cc2C1O. The van der Waals surface area contributed by atoms with Crippen molar-refractivity contribution in [2.45, 2.75) is 30.5 Å². The van der Waals surface area contributed by atoms with E-state index in [-0.39, 0.29) is 6.10 Å². The van der Waals surface area contributed by atoms with Gasteiger partial charge in [0.05, 0.1) is 6.10 Å². The number of hydrogen-bond donors (Lipinski definition) is 1. The number of benzene rings is 2. The molecule has 0 amide bonds. The molecule has 2 atom stereocenters. The van der Waals surface area contributed by atoms with Gasteiger partial charge in [0.2, 0.25) is 0 Å². The highest BCUT2D eigenvalue weighted by molar-refractivity contribution is 7.99. The Labute approximate surface area is 118 Å². The monoisotopic (exact) mass is 270 g/mol. The second-order valence-electron chi connectivity index (χ2n) is 4.98. The highest BCUT2D eigenvalue weighted by Crippen LogP contribution is 2.40. The van der Waals surface area contributed by atoms with Crippen molar-refractivity contribution in [1.82, 2.24) is 0 Å². The van der Waals surface area contributed by atoms with Gasteiger partial charge in [-0.2, -0.15) is 11.8 Å². The van der Waals surface area contributed by atoms with Crippen LogP contribution in [-0.2, 0) is 5.75 Å². The van der Waals surface area contributed by atoms with Gasteiger partial charge in [-0.25, -0.2) is 0 Å². The van der Waals surface area contributed by atoms with Crippen LogP contribution in [0.2, 0.25) is 0 Å². The van der Waals surface area contributed by atoms with Crippen LogP contribution in [-0.4, -0.2) is 10.4 Å². The zero-order valence-electron chi connectivity index (χ0n) is 11.0. The first-order valence-corrected chi connectivity index (χ1v) is 7.82. The Bertz CT molecular complexity index is 565. The third-order valence-electron chi connectivity index (χ3n) is 3.78. The first-order valence-electron chi connectivity index (χ1n) is 6.77. The van der Waals surface area contributed by atoms with Crippen molar-refractivity contribution >= 4 is 11.8 Å². The van der Waals surface area contributed by atoms with E-state index in [0.29, 0.717) is 5.25 Å². The normalized spacial score (nSPS) is 22.0. The largest absolute Gasteiger partial charge is 0.387 e. The lowest BCUT2D eigenvalue weighted by Gasteiger charge is -2.29. The molecule has 1 N–H and O–H groups in total. The summed E-state index contributed by atoms with van der Waals surface area (Å²) in [5.74, 6) is 1.01. The molecule has 0 saturated heterocycles. The summed E-state index contributed by atoms with van der Waals surface area (Å²) in [6.07, 6.45) is 0.684. The van der Waals surface area contributed by atoms with Gasteiger partial charge in [-0.05, 0) is 34.7 Å². The first kappa shape index (κ1) is 12.8. The lowest BCUT2D eigenvalue weighted by atomic mass is 9.94. The minimum atomic E-state index is -0.331. The van der Waals surface area contributed by atoms with Crippen LogP contribution in [0.1, 0.15) is 30.6 Å².